The summed E-state index contributed by atoms with van der Waals surface area (Å²) in [6, 6.07) is 11.8. The summed E-state index contributed by atoms with van der Waals surface area (Å²) in [5.74, 6) is 0.353. The van der Waals surface area contributed by atoms with Crippen LogP contribution in [0.25, 0.3) is 23.4 Å². The third-order valence-electron chi connectivity index (χ3n) is 3.64. The number of aromatic hydroxyl groups is 1. The van der Waals surface area contributed by atoms with Gasteiger partial charge in [0, 0.05) is 10.9 Å². The molecule has 0 fully saturated rings. The molecule has 0 radical (unpaired) electrons. The minimum absolute atomic E-state index is 0.0310. The highest BCUT2D eigenvalue weighted by Crippen LogP contribution is 2.35. The highest BCUT2D eigenvalue weighted by Gasteiger charge is 2.08. The van der Waals surface area contributed by atoms with Crippen LogP contribution in [0.15, 0.2) is 41.8 Å². The molecule has 0 aliphatic carbocycles. The van der Waals surface area contributed by atoms with Gasteiger partial charge in [0.15, 0.2) is 11.5 Å². The van der Waals surface area contributed by atoms with E-state index in [0.717, 1.165) is 21.8 Å². The molecule has 0 aliphatic rings. The molecule has 0 unspecified atom stereocenters. The lowest BCUT2D eigenvalue weighted by Crippen LogP contribution is -1.92. The molecule has 5 heteroatoms. The molecule has 3 rings (SSSR count). The van der Waals surface area contributed by atoms with Crippen molar-refractivity contribution < 1.29 is 9.84 Å². The van der Waals surface area contributed by atoms with Gasteiger partial charge in [0.25, 0.3) is 0 Å². The van der Waals surface area contributed by atoms with Gasteiger partial charge in [-0.2, -0.15) is 0 Å². The van der Waals surface area contributed by atoms with Crippen LogP contribution < -0.4 is 4.74 Å². The quantitative estimate of drug-likeness (QED) is 0.593. The number of thiazole rings is 1. The maximum absolute atomic E-state index is 9.90. The fourth-order valence-corrected chi connectivity index (χ4v) is 3.28. The molecule has 3 nitrogen and oxygen atoms in total. The van der Waals surface area contributed by atoms with Crippen LogP contribution >= 0.6 is 22.9 Å². The Morgan fingerprint density at radius 1 is 1.20 bits per heavy atom. The number of hydrogen-bond acceptors (Lipinski definition) is 4. The molecule has 3 aromatic rings. The van der Waals surface area contributed by atoms with Gasteiger partial charge < -0.3 is 9.84 Å². The molecule has 25 heavy (non-hydrogen) atoms. The number of aromatic nitrogens is 1. The van der Waals surface area contributed by atoms with E-state index in [1.54, 1.807) is 23.5 Å². The summed E-state index contributed by atoms with van der Waals surface area (Å²) >= 11 is 7.63. The summed E-state index contributed by atoms with van der Waals surface area (Å²) in [6.45, 7) is 4.39. The first-order valence-corrected chi connectivity index (χ1v) is 9.18. The van der Waals surface area contributed by atoms with E-state index in [2.05, 4.69) is 36.2 Å². The van der Waals surface area contributed by atoms with Crippen molar-refractivity contribution in [2.45, 2.75) is 13.8 Å². The predicted octanol–water partition coefficient (Wildman–Crippen LogP) is 6.05. The van der Waals surface area contributed by atoms with E-state index in [-0.39, 0.29) is 10.8 Å². The van der Waals surface area contributed by atoms with Gasteiger partial charge in [0.2, 0.25) is 0 Å². The van der Waals surface area contributed by atoms with Gasteiger partial charge in [-0.15, -0.1) is 11.3 Å². The molecule has 0 atom stereocenters. The number of rotatable bonds is 5. The highest BCUT2D eigenvalue weighted by atomic mass is 35.5. The second-order valence-corrected chi connectivity index (χ2v) is 6.85. The van der Waals surface area contributed by atoms with Gasteiger partial charge >= 0.3 is 0 Å². The molecule has 2 aromatic carbocycles. The molecule has 0 spiro atoms. The molecule has 0 bridgehead atoms. The number of benzene rings is 2. The van der Waals surface area contributed by atoms with Gasteiger partial charge in [0.1, 0.15) is 5.01 Å². The SMILES string of the molecule is CCOc1cc(/C=C/c2nc(-c3ccc(C)cc3)cs2)cc(Cl)c1O. The van der Waals surface area contributed by atoms with Crippen LogP contribution in [0.5, 0.6) is 11.5 Å². The summed E-state index contributed by atoms with van der Waals surface area (Å²) in [7, 11) is 0. The largest absolute Gasteiger partial charge is 0.503 e. The zero-order chi connectivity index (χ0) is 17.8. The van der Waals surface area contributed by atoms with Crippen LogP contribution in [0, 0.1) is 6.92 Å². The Kier molecular flexibility index (Phi) is 5.41. The van der Waals surface area contributed by atoms with E-state index in [1.165, 1.54) is 5.56 Å². The minimum atomic E-state index is -0.0310. The molecule has 0 aliphatic heterocycles. The average Bonchev–Trinajstić information content (AvgIpc) is 3.07. The van der Waals surface area contributed by atoms with E-state index in [0.29, 0.717) is 12.4 Å². The minimum Gasteiger partial charge on any atom is -0.503 e. The number of ether oxygens (including phenoxy) is 1. The van der Waals surface area contributed by atoms with Crippen molar-refractivity contribution in [3.05, 3.63) is 62.9 Å². The molecule has 0 saturated heterocycles. The summed E-state index contributed by atoms with van der Waals surface area (Å²) < 4.78 is 5.40. The van der Waals surface area contributed by atoms with Crippen LogP contribution in [-0.2, 0) is 0 Å². The monoisotopic (exact) mass is 371 g/mol. The second kappa shape index (κ2) is 7.72. The zero-order valence-electron chi connectivity index (χ0n) is 14.0. The lowest BCUT2D eigenvalue weighted by molar-refractivity contribution is 0.318. The number of nitrogens with zero attached hydrogens (tertiary/aromatic N) is 1. The molecular weight excluding hydrogens is 354 g/mol. The lowest BCUT2D eigenvalue weighted by Gasteiger charge is -2.08. The van der Waals surface area contributed by atoms with Crippen molar-refractivity contribution in [3.63, 3.8) is 0 Å². The fraction of sp³-hybridized carbons (Fsp3) is 0.150. The third kappa shape index (κ3) is 4.21. The van der Waals surface area contributed by atoms with Crippen LogP contribution in [0.3, 0.4) is 0 Å². The third-order valence-corrected chi connectivity index (χ3v) is 4.74. The Balaban J connectivity index is 1.82. The maximum atomic E-state index is 9.90. The second-order valence-electron chi connectivity index (χ2n) is 5.55. The maximum Gasteiger partial charge on any atom is 0.176 e. The van der Waals surface area contributed by atoms with Gasteiger partial charge in [-0.3, -0.25) is 0 Å². The van der Waals surface area contributed by atoms with Crippen LogP contribution in [0.4, 0.5) is 0 Å². The smallest absolute Gasteiger partial charge is 0.176 e. The number of hydrogen-bond donors (Lipinski definition) is 1. The van der Waals surface area contributed by atoms with Gasteiger partial charge in [0.05, 0.1) is 17.3 Å². The van der Waals surface area contributed by atoms with Gasteiger partial charge in [-0.25, -0.2) is 4.98 Å². The Hall–Kier alpha value is -2.30. The van der Waals surface area contributed by atoms with Crippen molar-refractivity contribution >= 4 is 35.1 Å². The lowest BCUT2D eigenvalue weighted by atomic mass is 10.1. The molecule has 1 heterocycles. The number of halogens is 1. The van der Waals surface area contributed by atoms with E-state index in [4.69, 9.17) is 16.3 Å². The normalized spacial score (nSPS) is 11.2. The molecule has 1 N–H and O–H groups in total. The average molecular weight is 372 g/mol. The molecule has 0 amide bonds. The van der Waals surface area contributed by atoms with E-state index in [9.17, 15) is 5.11 Å². The van der Waals surface area contributed by atoms with E-state index < -0.39 is 0 Å². The topological polar surface area (TPSA) is 42.4 Å². The Morgan fingerprint density at radius 3 is 2.68 bits per heavy atom. The number of aryl methyl sites for hydroxylation is 1. The first kappa shape index (κ1) is 17.5. The van der Waals surface area contributed by atoms with Crippen LogP contribution in [0.1, 0.15) is 23.1 Å². The molecular formula is C20H18ClNO2S. The van der Waals surface area contributed by atoms with E-state index in [1.807, 2.05) is 24.5 Å². The molecule has 0 saturated carbocycles. The van der Waals surface area contributed by atoms with Crippen molar-refractivity contribution in [2.75, 3.05) is 6.61 Å². The van der Waals surface area contributed by atoms with Crippen molar-refractivity contribution in [3.8, 4) is 22.8 Å². The Morgan fingerprint density at radius 2 is 1.96 bits per heavy atom. The standard InChI is InChI=1S/C20H18ClNO2S/c1-3-24-18-11-14(10-16(21)20(18)23)6-9-19-22-17(12-25-19)15-7-4-13(2)5-8-15/h4-12,23H,3H2,1-2H3/b9-6+. The van der Waals surface area contributed by atoms with Crippen molar-refractivity contribution in [1.82, 2.24) is 4.98 Å². The number of phenols is 1. The van der Waals surface area contributed by atoms with E-state index >= 15 is 0 Å². The predicted molar refractivity (Wildman–Crippen MR) is 106 cm³/mol. The fourth-order valence-electron chi connectivity index (χ4n) is 2.34. The first-order chi connectivity index (χ1) is 12.1. The Labute approximate surface area is 156 Å². The van der Waals surface area contributed by atoms with Crippen LogP contribution in [0.2, 0.25) is 5.02 Å². The summed E-state index contributed by atoms with van der Waals surface area (Å²) in [5, 5.41) is 13.1. The summed E-state index contributed by atoms with van der Waals surface area (Å²) in [4.78, 5) is 4.64. The van der Waals surface area contributed by atoms with Crippen molar-refractivity contribution in [2.24, 2.45) is 0 Å². The highest BCUT2D eigenvalue weighted by molar-refractivity contribution is 7.10. The van der Waals surface area contributed by atoms with Gasteiger partial charge in [-0.05, 0) is 37.6 Å². The summed E-state index contributed by atoms with van der Waals surface area (Å²) in [6.07, 6.45) is 3.84. The number of phenolic OH excluding ortho intramolecular Hbond substituents is 1. The Bertz CT molecular complexity index is 901. The van der Waals surface area contributed by atoms with Crippen molar-refractivity contribution in [1.29, 1.82) is 0 Å². The van der Waals surface area contributed by atoms with Gasteiger partial charge in [-0.1, -0.05) is 47.5 Å². The molecule has 128 valence electrons. The first-order valence-electron chi connectivity index (χ1n) is 7.92. The summed E-state index contributed by atoms with van der Waals surface area (Å²) in [5.41, 5.74) is 4.14. The van der Waals surface area contributed by atoms with Crippen LogP contribution in [-0.4, -0.2) is 16.7 Å². The zero-order valence-corrected chi connectivity index (χ0v) is 15.6. The molecule has 1 aromatic heterocycles.